The van der Waals surface area contributed by atoms with Gasteiger partial charge >= 0.3 is 0 Å². The minimum Gasteiger partial charge on any atom is -0.355 e. The first kappa shape index (κ1) is 14.8. The van der Waals surface area contributed by atoms with Crippen LogP contribution in [0.15, 0.2) is 36.4 Å². The number of anilines is 1. The Balaban J connectivity index is 2.19. The van der Waals surface area contributed by atoms with Crippen LogP contribution in [0.4, 0.5) is 5.82 Å². The molecule has 0 spiro atoms. The molecule has 0 aliphatic rings. The van der Waals surface area contributed by atoms with Crippen LogP contribution in [0.25, 0.3) is 0 Å². The van der Waals surface area contributed by atoms with E-state index in [4.69, 9.17) is 11.6 Å². The van der Waals surface area contributed by atoms with Crippen molar-refractivity contribution >= 4 is 17.4 Å². The third-order valence-electron chi connectivity index (χ3n) is 3.31. The van der Waals surface area contributed by atoms with Crippen LogP contribution in [0.2, 0.25) is 5.02 Å². The Morgan fingerprint density at radius 1 is 1.20 bits per heavy atom. The van der Waals surface area contributed by atoms with Crippen molar-refractivity contribution in [1.29, 1.82) is 0 Å². The number of hydrogen-bond acceptors (Lipinski definition) is 3. The van der Waals surface area contributed by atoms with Gasteiger partial charge < -0.3 is 10.2 Å². The van der Waals surface area contributed by atoms with Crippen LogP contribution in [0.3, 0.4) is 0 Å². The van der Waals surface area contributed by atoms with Crippen molar-refractivity contribution in [3.8, 4) is 0 Å². The molecule has 0 bridgehead atoms. The second-order valence-corrected chi connectivity index (χ2v) is 5.32. The summed E-state index contributed by atoms with van der Waals surface area (Å²) in [4.78, 5) is 6.76. The maximum Gasteiger partial charge on any atom is 0.129 e. The van der Waals surface area contributed by atoms with Gasteiger partial charge in [-0.05, 0) is 37.2 Å². The molecule has 0 saturated carbocycles. The standard InChI is InChI=1S/C16H20ClN3/c1-12-6-4-5-7-13(12)11-20(3)16-9-8-14(17)15(19-16)10-18-2/h4-9,18H,10-11H2,1-3H3. The van der Waals surface area contributed by atoms with Crippen molar-refractivity contribution in [2.75, 3.05) is 19.0 Å². The zero-order valence-corrected chi connectivity index (χ0v) is 12.9. The summed E-state index contributed by atoms with van der Waals surface area (Å²) >= 11 is 6.14. The van der Waals surface area contributed by atoms with Gasteiger partial charge in [0, 0.05) is 20.1 Å². The van der Waals surface area contributed by atoms with Crippen LogP contribution >= 0.6 is 11.6 Å². The Morgan fingerprint density at radius 3 is 2.65 bits per heavy atom. The summed E-state index contributed by atoms with van der Waals surface area (Å²) in [5, 5.41) is 3.79. The van der Waals surface area contributed by atoms with Crippen molar-refractivity contribution in [3.05, 3.63) is 58.2 Å². The SMILES string of the molecule is CNCc1nc(N(C)Cc2ccccc2C)ccc1Cl. The topological polar surface area (TPSA) is 28.2 Å². The summed E-state index contributed by atoms with van der Waals surface area (Å²) in [6.07, 6.45) is 0. The number of pyridine rings is 1. The Morgan fingerprint density at radius 2 is 1.95 bits per heavy atom. The molecule has 0 aliphatic carbocycles. The average molecular weight is 290 g/mol. The predicted octanol–water partition coefficient (Wildman–Crippen LogP) is 3.40. The maximum atomic E-state index is 6.14. The molecule has 0 radical (unpaired) electrons. The Kier molecular flexibility index (Phi) is 4.99. The lowest BCUT2D eigenvalue weighted by atomic mass is 10.1. The smallest absolute Gasteiger partial charge is 0.129 e. The summed E-state index contributed by atoms with van der Waals surface area (Å²) in [5.41, 5.74) is 3.48. The van der Waals surface area contributed by atoms with Gasteiger partial charge in [0.15, 0.2) is 0 Å². The molecular formula is C16H20ClN3. The van der Waals surface area contributed by atoms with Gasteiger partial charge in [-0.3, -0.25) is 0 Å². The predicted molar refractivity (Wildman–Crippen MR) is 85.3 cm³/mol. The third-order valence-corrected chi connectivity index (χ3v) is 3.65. The van der Waals surface area contributed by atoms with Gasteiger partial charge in [-0.2, -0.15) is 0 Å². The molecule has 0 saturated heterocycles. The second kappa shape index (κ2) is 6.73. The molecule has 2 aromatic rings. The van der Waals surface area contributed by atoms with Crippen molar-refractivity contribution in [2.24, 2.45) is 0 Å². The van der Waals surface area contributed by atoms with E-state index in [2.05, 4.69) is 46.4 Å². The first-order chi connectivity index (χ1) is 9.61. The van der Waals surface area contributed by atoms with Crippen LogP contribution < -0.4 is 10.2 Å². The van der Waals surface area contributed by atoms with Crippen LogP contribution in [0, 0.1) is 6.92 Å². The minimum atomic E-state index is 0.672. The lowest BCUT2D eigenvalue weighted by molar-refractivity contribution is 0.783. The largest absolute Gasteiger partial charge is 0.355 e. The number of rotatable bonds is 5. The Bertz CT molecular complexity index is 584. The monoisotopic (exact) mass is 289 g/mol. The Labute approximate surface area is 125 Å². The van der Waals surface area contributed by atoms with E-state index in [0.717, 1.165) is 18.1 Å². The molecule has 1 aromatic carbocycles. The van der Waals surface area contributed by atoms with Gasteiger partial charge in [0.1, 0.15) is 5.82 Å². The number of aromatic nitrogens is 1. The molecule has 20 heavy (non-hydrogen) atoms. The van der Waals surface area contributed by atoms with Crippen molar-refractivity contribution in [2.45, 2.75) is 20.0 Å². The zero-order valence-electron chi connectivity index (χ0n) is 12.2. The number of hydrogen-bond donors (Lipinski definition) is 1. The van der Waals surface area contributed by atoms with Gasteiger partial charge in [0.25, 0.3) is 0 Å². The molecule has 0 unspecified atom stereocenters. The Hall–Kier alpha value is -1.58. The van der Waals surface area contributed by atoms with Gasteiger partial charge in [-0.1, -0.05) is 35.9 Å². The lowest BCUT2D eigenvalue weighted by Gasteiger charge is -2.20. The highest BCUT2D eigenvalue weighted by atomic mass is 35.5. The van der Waals surface area contributed by atoms with E-state index in [9.17, 15) is 0 Å². The summed E-state index contributed by atoms with van der Waals surface area (Å²) in [6, 6.07) is 12.3. The quantitative estimate of drug-likeness (QED) is 0.914. The molecular weight excluding hydrogens is 270 g/mol. The number of nitrogens with one attached hydrogen (secondary N) is 1. The third kappa shape index (κ3) is 3.50. The molecule has 3 nitrogen and oxygen atoms in total. The molecule has 1 aromatic heterocycles. The summed E-state index contributed by atoms with van der Waals surface area (Å²) < 4.78 is 0. The molecule has 0 amide bonds. The lowest BCUT2D eigenvalue weighted by Crippen LogP contribution is -2.19. The van der Waals surface area contributed by atoms with Crippen LogP contribution in [0.5, 0.6) is 0 Å². The normalized spacial score (nSPS) is 10.6. The molecule has 1 heterocycles. The van der Waals surface area contributed by atoms with E-state index in [1.54, 1.807) is 0 Å². The van der Waals surface area contributed by atoms with Gasteiger partial charge in [-0.15, -0.1) is 0 Å². The highest BCUT2D eigenvalue weighted by Crippen LogP contribution is 2.20. The van der Waals surface area contributed by atoms with E-state index < -0.39 is 0 Å². The van der Waals surface area contributed by atoms with E-state index in [0.29, 0.717) is 11.6 Å². The summed E-state index contributed by atoms with van der Waals surface area (Å²) in [6.45, 7) is 3.63. The maximum absolute atomic E-state index is 6.14. The average Bonchev–Trinajstić information content (AvgIpc) is 2.44. The van der Waals surface area contributed by atoms with Crippen molar-refractivity contribution < 1.29 is 0 Å². The number of aryl methyl sites for hydroxylation is 1. The minimum absolute atomic E-state index is 0.672. The fraction of sp³-hybridized carbons (Fsp3) is 0.312. The number of benzene rings is 1. The van der Waals surface area contributed by atoms with Crippen molar-refractivity contribution in [3.63, 3.8) is 0 Å². The van der Waals surface area contributed by atoms with E-state index in [1.165, 1.54) is 11.1 Å². The highest BCUT2D eigenvalue weighted by Gasteiger charge is 2.08. The first-order valence-electron chi connectivity index (χ1n) is 6.67. The van der Waals surface area contributed by atoms with E-state index in [-0.39, 0.29) is 0 Å². The van der Waals surface area contributed by atoms with Crippen LogP contribution in [-0.2, 0) is 13.1 Å². The fourth-order valence-corrected chi connectivity index (χ4v) is 2.27. The fourth-order valence-electron chi connectivity index (χ4n) is 2.10. The summed E-state index contributed by atoms with van der Waals surface area (Å²) in [7, 11) is 3.94. The first-order valence-corrected chi connectivity index (χ1v) is 7.05. The second-order valence-electron chi connectivity index (χ2n) is 4.91. The van der Waals surface area contributed by atoms with Gasteiger partial charge in [0.2, 0.25) is 0 Å². The summed E-state index contributed by atoms with van der Waals surface area (Å²) in [5.74, 6) is 0.933. The van der Waals surface area contributed by atoms with Gasteiger partial charge in [-0.25, -0.2) is 4.98 Å². The molecule has 0 aliphatic heterocycles. The molecule has 0 atom stereocenters. The van der Waals surface area contributed by atoms with E-state index in [1.807, 2.05) is 26.2 Å². The van der Waals surface area contributed by atoms with Crippen LogP contribution in [0.1, 0.15) is 16.8 Å². The molecule has 2 rings (SSSR count). The number of nitrogens with zero attached hydrogens (tertiary/aromatic N) is 2. The van der Waals surface area contributed by atoms with Crippen molar-refractivity contribution in [1.82, 2.24) is 10.3 Å². The molecule has 0 fully saturated rings. The van der Waals surface area contributed by atoms with E-state index >= 15 is 0 Å². The number of halogens is 1. The van der Waals surface area contributed by atoms with Gasteiger partial charge in [0.05, 0.1) is 10.7 Å². The highest BCUT2D eigenvalue weighted by molar-refractivity contribution is 6.31. The molecule has 4 heteroatoms. The molecule has 106 valence electrons. The molecule has 1 N–H and O–H groups in total. The van der Waals surface area contributed by atoms with Crippen LogP contribution in [-0.4, -0.2) is 19.1 Å². The zero-order chi connectivity index (χ0) is 14.5.